The van der Waals surface area contributed by atoms with Crippen LogP contribution < -0.4 is 10.6 Å². The van der Waals surface area contributed by atoms with Gasteiger partial charge in [-0.1, -0.05) is 12.5 Å². The highest BCUT2D eigenvalue weighted by molar-refractivity contribution is 6.00. The summed E-state index contributed by atoms with van der Waals surface area (Å²) in [6, 6.07) is 9.58. The number of piperidine rings is 1. The summed E-state index contributed by atoms with van der Waals surface area (Å²) >= 11 is 0. The number of nitrogens with zero attached hydrogens (tertiary/aromatic N) is 2. The van der Waals surface area contributed by atoms with Gasteiger partial charge in [-0.2, -0.15) is 0 Å². The van der Waals surface area contributed by atoms with Crippen molar-refractivity contribution in [2.45, 2.75) is 26.2 Å². The Morgan fingerprint density at radius 1 is 1.17 bits per heavy atom. The molecule has 0 radical (unpaired) electrons. The van der Waals surface area contributed by atoms with Gasteiger partial charge in [-0.3, -0.25) is 4.98 Å². The van der Waals surface area contributed by atoms with Crippen molar-refractivity contribution in [3.05, 3.63) is 36.0 Å². The highest BCUT2D eigenvalue weighted by Gasteiger charge is 2.10. The molecule has 0 aliphatic carbocycles. The van der Waals surface area contributed by atoms with Gasteiger partial charge in [-0.25, -0.2) is 4.79 Å². The van der Waals surface area contributed by atoms with E-state index in [1.807, 2.05) is 37.3 Å². The zero-order valence-electron chi connectivity index (χ0n) is 13.6. The van der Waals surface area contributed by atoms with Crippen molar-refractivity contribution < 1.29 is 4.79 Å². The molecule has 23 heavy (non-hydrogen) atoms. The van der Waals surface area contributed by atoms with Crippen molar-refractivity contribution in [3.8, 4) is 0 Å². The van der Waals surface area contributed by atoms with Crippen LogP contribution in [0.2, 0.25) is 0 Å². The molecule has 1 fully saturated rings. The molecule has 5 nitrogen and oxygen atoms in total. The van der Waals surface area contributed by atoms with Crippen LogP contribution in [0.3, 0.4) is 0 Å². The van der Waals surface area contributed by atoms with Gasteiger partial charge in [-0.05, 0) is 57.1 Å². The molecule has 2 heterocycles. The lowest BCUT2D eigenvalue weighted by molar-refractivity contribution is 0.224. The fourth-order valence-corrected chi connectivity index (χ4v) is 3.04. The van der Waals surface area contributed by atoms with E-state index in [-0.39, 0.29) is 6.03 Å². The zero-order chi connectivity index (χ0) is 16.1. The van der Waals surface area contributed by atoms with Crippen molar-refractivity contribution >= 4 is 22.6 Å². The number of hydrogen-bond acceptors (Lipinski definition) is 3. The van der Waals surface area contributed by atoms with Crippen molar-refractivity contribution in [1.82, 2.24) is 15.2 Å². The first-order valence-corrected chi connectivity index (χ1v) is 8.36. The number of rotatable bonds is 4. The Morgan fingerprint density at radius 2 is 2.00 bits per heavy atom. The summed E-state index contributed by atoms with van der Waals surface area (Å²) < 4.78 is 0. The normalized spacial score (nSPS) is 15.5. The van der Waals surface area contributed by atoms with Gasteiger partial charge < -0.3 is 15.5 Å². The summed E-state index contributed by atoms with van der Waals surface area (Å²) in [5, 5.41) is 6.84. The van der Waals surface area contributed by atoms with Gasteiger partial charge in [-0.15, -0.1) is 0 Å². The Balaban J connectivity index is 1.55. The number of benzene rings is 1. The molecule has 122 valence electrons. The summed E-state index contributed by atoms with van der Waals surface area (Å²) in [6.45, 7) is 5.86. The maximum absolute atomic E-state index is 12.1. The van der Waals surface area contributed by atoms with Crippen LogP contribution >= 0.6 is 0 Å². The quantitative estimate of drug-likeness (QED) is 0.912. The second-order valence-electron chi connectivity index (χ2n) is 6.11. The third-order valence-electron chi connectivity index (χ3n) is 4.28. The fourth-order valence-electron chi connectivity index (χ4n) is 3.04. The molecule has 1 aliphatic heterocycles. The molecule has 1 aromatic heterocycles. The molecule has 0 atom stereocenters. The van der Waals surface area contributed by atoms with E-state index < -0.39 is 0 Å². The first-order chi connectivity index (χ1) is 11.2. The predicted molar refractivity (Wildman–Crippen MR) is 93.8 cm³/mol. The monoisotopic (exact) mass is 312 g/mol. The van der Waals surface area contributed by atoms with Crippen LogP contribution in [0.5, 0.6) is 0 Å². The molecule has 0 unspecified atom stereocenters. The van der Waals surface area contributed by atoms with Crippen LogP contribution in [0, 0.1) is 6.92 Å². The lowest BCUT2D eigenvalue weighted by Crippen LogP contribution is -2.39. The van der Waals surface area contributed by atoms with E-state index >= 15 is 0 Å². The van der Waals surface area contributed by atoms with Crippen molar-refractivity contribution in [2.75, 3.05) is 31.5 Å². The van der Waals surface area contributed by atoms with Gasteiger partial charge in [0.2, 0.25) is 0 Å². The number of carbonyl (C=O) groups excluding carboxylic acids is 1. The number of aromatic nitrogens is 1. The zero-order valence-corrected chi connectivity index (χ0v) is 13.6. The van der Waals surface area contributed by atoms with Crippen molar-refractivity contribution in [1.29, 1.82) is 0 Å². The molecule has 1 saturated heterocycles. The van der Waals surface area contributed by atoms with Crippen molar-refractivity contribution in [2.24, 2.45) is 0 Å². The molecule has 2 amide bonds. The van der Waals surface area contributed by atoms with Crippen molar-refractivity contribution in [3.63, 3.8) is 0 Å². The molecular formula is C18H24N4O. The molecule has 0 spiro atoms. The van der Waals surface area contributed by atoms with Gasteiger partial charge in [0.1, 0.15) is 0 Å². The molecule has 2 N–H and O–H groups in total. The number of aryl methyl sites for hydroxylation is 1. The van der Waals surface area contributed by atoms with Crippen LogP contribution in [0.25, 0.3) is 10.9 Å². The second kappa shape index (κ2) is 7.42. The topological polar surface area (TPSA) is 57.3 Å². The first kappa shape index (κ1) is 15.7. The molecule has 5 heteroatoms. The molecule has 3 rings (SSSR count). The maximum Gasteiger partial charge on any atom is 0.319 e. The number of hydrogen-bond donors (Lipinski definition) is 2. The Hall–Kier alpha value is -2.14. The molecule has 0 saturated carbocycles. The van der Waals surface area contributed by atoms with E-state index in [4.69, 9.17) is 0 Å². The molecule has 2 aromatic rings. The van der Waals surface area contributed by atoms with E-state index in [0.29, 0.717) is 6.54 Å². The van der Waals surface area contributed by atoms with E-state index in [1.165, 1.54) is 19.3 Å². The Morgan fingerprint density at radius 3 is 2.83 bits per heavy atom. The van der Waals surface area contributed by atoms with Gasteiger partial charge in [0.25, 0.3) is 0 Å². The van der Waals surface area contributed by atoms with Crippen LogP contribution in [0.4, 0.5) is 10.5 Å². The number of carbonyl (C=O) groups is 1. The Kier molecular flexibility index (Phi) is 5.08. The average molecular weight is 312 g/mol. The van der Waals surface area contributed by atoms with E-state index in [0.717, 1.165) is 41.9 Å². The number of likely N-dealkylation sites (tertiary alicyclic amines) is 1. The van der Waals surface area contributed by atoms with Crippen LogP contribution in [0.1, 0.15) is 25.0 Å². The van der Waals surface area contributed by atoms with Gasteiger partial charge in [0.15, 0.2) is 0 Å². The van der Waals surface area contributed by atoms with Gasteiger partial charge in [0.05, 0.1) is 11.2 Å². The summed E-state index contributed by atoms with van der Waals surface area (Å²) in [5.41, 5.74) is 2.67. The Bertz CT molecular complexity index is 680. The first-order valence-electron chi connectivity index (χ1n) is 8.36. The fraction of sp³-hybridized carbons (Fsp3) is 0.444. The largest absolute Gasteiger partial charge is 0.337 e. The average Bonchev–Trinajstić information content (AvgIpc) is 2.56. The summed E-state index contributed by atoms with van der Waals surface area (Å²) in [4.78, 5) is 19.0. The number of nitrogens with one attached hydrogen (secondary N) is 2. The number of amides is 2. The van der Waals surface area contributed by atoms with Gasteiger partial charge >= 0.3 is 6.03 Å². The van der Waals surface area contributed by atoms with E-state index in [9.17, 15) is 4.79 Å². The van der Waals surface area contributed by atoms with Crippen LogP contribution in [0.15, 0.2) is 30.3 Å². The highest BCUT2D eigenvalue weighted by Crippen LogP contribution is 2.22. The van der Waals surface area contributed by atoms with E-state index in [2.05, 4.69) is 20.5 Å². The van der Waals surface area contributed by atoms with Crippen LogP contribution in [-0.2, 0) is 0 Å². The summed E-state index contributed by atoms with van der Waals surface area (Å²) in [6.07, 6.45) is 3.88. The lowest BCUT2D eigenvalue weighted by Gasteiger charge is -2.26. The molecule has 1 aliphatic rings. The minimum atomic E-state index is -0.157. The van der Waals surface area contributed by atoms with Gasteiger partial charge in [0, 0.05) is 24.2 Å². The highest BCUT2D eigenvalue weighted by atomic mass is 16.2. The maximum atomic E-state index is 12.1. The standard InChI is InChI=1S/C18H24N4O/c1-14-8-9-15-16(20-14)6-5-7-17(15)21-18(23)19-10-13-22-11-3-2-4-12-22/h5-9H,2-4,10-13H2,1H3,(H2,19,21,23). The number of pyridine rings is 1. The number of anilines is 1. The number of fused-ring (bicyclic) bond motifs is 1. The molecule has 1 aromatic carbocycles. The minimum Gasteiger partial charge on any atom is -0.337 e. The molecule has 0 bridgehead atoms. The Labute approximate surface area is 137 Å². The smallest absolute Gasteiger partial charge is 0.319 e. The summed E-state index contributed by atoms with van der Waals surface area (Å²) in [5.74, 6) is 0. The minimum absolute atomic E-state index is 0.157. The predicted octanol–water partition coefficient (Wildman–Crippen LogP) is 3.15. The third-order valence-corrected chi connectivity index (χ3v) is 4.28. The lowest BCUT2D eigenvalue weighted by atomic mass is 10.1. The van der Waals surface area contributed by atoms with E-state index in [1.54, 1.807) is 0 Å². The summed E-state index contributed by atoms with van der Waals surface area (Å²) in [7, 11) is 0. The number of urea groups is 1. The van der Waals surface area contributed by atoms with Crippen LogP contribution in [-0.4, -0.2) is 42.1 Å². The third kappa shape index (κ3) is 4.20. The second-order valence-corrected chi connectivity index (χ2v) is 6.11. The SMILES string of the molecule is Cc1ccc2c(NC(=O)NCCN3CCCCC3)cccc2n1. The molecular weight excluding hydrogens is 288 g/mol.